The average molecular weight is 343 g/mol. The van der Waals surface area contributed by atoms with Gasteiger partial charge in [-0.2, -0.15) is 0 Å². The third-order valence-electron chi connectivity index (χ3n) is 5.21. The highest BCUT2D eigenvalue weighted by Crippen LogP contribution is 2.34. The number of benzene rings is 1. The molecule has 3 rings (SSSR count). The maximum absolute atomic E-state index is 12.8. The van der Waals surface area contributed by atoms with Crippen LogP contribution in [-0.4, -0.2) is 72.2 Å². The Hall–Kier alpha value is -2.37. The molecule has 2 heterocycles. The quantitative estimate of drug-likeness (QED) is 0.797. The minimum Gasteiger partial charge on any atom is -0.345 e. The van der Waals surface area contributed by atoms with Gasteiger partial charge < -0.3 is 14.7 Å². The first-order chi connectivity index (χ1) is 11.9. The van der Waals surface area contributed by atoms with Crippen LogP contribution in [0.15, 0.2) is 30.3 Å². The molecule has 0 saturated carbocycles. The van der Waals surface area contributed by atoms with Crippen molar-refractivity contribution in [3.05, 3.63) is 35.9 Å². The second-order valence-corrected chi connectivity index (χ2v) is 7.34. The zero-order valence-electron chi connectivity index (χ0n) is 14.9. The summed E-state index contributed by atoms with van der Waals surface area (Å²) in [5.41, 5.74) is 0.620. The summed E-state index contributed by atoms with van der Waals surface area (Å²) in [6, 6.07) is 9.67. The number of carbonyl (C=O) groups excluding carboxylic acids is 3. The molecule has 6 heteroatoms. The second kappa shape index (κ2) is 6.86. The lowest BCUT2D eigenvalue weighted by atomic mass is 9.85. The van der Waals surface area contributed by atoms with Crippen molar-refractivity contribution >= 4 is 17.7 Å². The Morgan fingerprint density at radius 3 is 2.28 bits per heavy atom. The minimum absolute atomic E-state index is 0.00117. The van der Waals surface area contributed by atoms with Gasteiger partial charge in [-0.15, -0.1) is 0 Å². The molecule has 134 valence electrons. The fraction of sp³-hybridized carbons (Fsp3) is 0.526. The Kier molecular flexibility index (Phi) is 4.79. The van der Waals surface area contributed by atoms with E-state index in [0.717, 1.165) is 5.56 Å². The Labute approximate surface area is 148 Å². The monoisotopic (exact) mass is 343 g/mol. The van der Waals surface area contributed by atoms with Crippen molar-refractivity contribution in [3.63, 3.8) is 0 Å². The van der Waals surface area contributed by atoms with Crippen LogP contribution < -0.4 is 0 Å². The maximum Gasteiger partial charge on any atom is 0.227 e. The summed E-state index contributed by atoms with van der Waals surface area (Å²) in [4.78, 5) is 42.2. The largest absolute Gasteiger partial charge is 0.345 e. The van der Waals surface area contributed by atoms with E-state index < -0.39 is 0 Å². The van der Waals surface area contributed by atoms with Crippen LogP contribution in [0.1, 0.15) is 18.9 Å². The summed E-state index contributed by atoms with van der Waals surface area (Å²) in [7, 11) is 1.79. The van der Waals surface area contributed by atoms with E-state index in [1.165, 1.54) is 0 Å². The van der Waals surface area contributed by atoms with Gasteiger partial charge in [-0.1, -0.05) is 30.3 Å². The molecule has 2 saturated heterocycles. The number of amides is 3. The summed E-state index contributed by atoms with van der Waals surface area (Å²) in [6.07, 6.45) is 0.739. The van der Waals surface area contributed by atoms with Crippen LogP contribution in [0.25, 0.3) is 0 Å². The first-order valence-electron chi connectivity index (χ1n) is 8.70. The third kappa shape index (κ3) is 3.83. The van der Waals surface area contributed by atoms with E-state index in [1.54, 1.807) is 23.8 Å². The van der Waals surface area contributed by atoms with Gasteiger partial charge in [0, 0.05) is 58.5 Å². The Morgan fingerprint density at radius 1 is 1.04 bits per heavy atom. The molecule has 1 atom stereocenters. The predicted molar refractivity (Wildman–Crippen MR) is 93.7 cm³/mol. The molecule has 0 aliphatic carbocycles. The third-order valence-corrected chi connectivity index (χ3v) is 5.21. The van der Waals surface area contributed by atoms with Crippen molar-refractivity contribution in [3.8, 4) is 0 Å². The number of nitrogens with zero attached hydrogens (tertiary/aromatic N) is 3. The lowest BCUT2D eigenvalue weighted by molar-refractivity contribution is -0.132. The van der Waals surface area contributed by atoms with Gasteiger partial charge >= 0.3 is 0 Å². The first-order valence-corrected chi connectivity index (χ1v) is 8.70. The van der Waals surface area contributed by atoms with E-state index in [1.807, 2.05) is 35.2 Å². The molecule has 25 heavy (non-hydrogen) atoms. The van der Waals surface area contributed by atoms with Crippen LogP contribution >= 0.6 is 0 Å². The minimum atomic E-state index is -0.361. The highest BCUT2D eigenvalue weighted by Gasteiger charge is 2.46. The molecule has 1 aromatic rings. The summed E-state index contributed by atoms with van der Waals surface area (Å²) in [5.74, 6) is 0.137. The Balaban J connectivity index is 1.79. The molecule has 0 bridgehead atoms. The lowest BCUT2D eigenvalue weighted by Crippen LogP contribution is -2.45. The van der Waals surface area contributed by atoms with Crippen LogP contribution in [0.4, 0.5) is 0 Å². The van der Waals surface area contributed by atoms with Gasteiger partial charge in [0.2, 0.25) is 17.7 Å². The predicted octanol–water partition coefficient (Wildman–Crippen LogP) is 0.768. The molecule has 1 aromatic carbocycles. The first kappa shape index (κ1) is 17.5. The van der Waals surface area contributed by atoms with E-state index >= 15 is 0 Å². The lowest BCUT2D eigenvalue weighted by Gasteiger charge is -2.33. The van der Waals surface area contributed by atoms with Gasteiger partial charge in [0.25, 0.3) is 0 Å². The summed E-state index contributed by atoms with van der Waals surface area (Å²) in [6.45, 7) is 4.24. The van der Waals surface area contributed by atoms with Gasteiger partial charge in [0.15, 0.2) is 0 Å². The Morgan fingerprint density at radius 2 is 1.68 bits per heavy atom. The average Bonchev–Trinajstić information content (AvgIpc) is 2.73. The molecule has 2 aliphatic rings. The zero-order valence-corrected chi connectivity index (χ0v) is 14.9. The van der Waals surface area contributed by atoms with Crippen molar-refractivity contribution in [1.29, 1.82) is 0 Å². The number of likely N-dealkylation sites (tertiary alicyclic amines) is 1. The highest BCUT2D eigenvalue weighted by atomic mass is 16.2. The van der Waals surface area contributed by atoms with Gasteiger partial charge in [-0.25, -0.2) is 0 Å². The zero-order chi connectivity index (χ0) is 18.0. The molecular formula is C19H25N3O3. The van der Waals surface area contributed by atoms with Gasteiger partial charge in [0.05, 0.1) is 6.42 Å². The van der Waals surface area contributed by atoms with Crippen molar-refractivity contribution in [2.24, 2.45) is 5.41 Å². The molecule has 2 aliphatic heterocycles. The van der Waals surface area contributed by atoms with Crippen LogP contribution in [0.5, 0.6) is 0 Å². The summed E-state index contributed by atoms with van der Waals surface area (Å²) >= 11 is 0. The molecule has 1 spiro atoms. The molecule has 3 amide bonds. The maximum atomic E-state index is 12.8. The van der Waals surface area contributed by atoms with Crippen molar-refractivity contribution in [1.82, 2.24) is 14.7 Å². The summed E-state index contributed by atoms with van der Waals surface area (Å²) in [5, 5.41) is 0. The van der Waals surface area contributed by atoms with Gasteiger partial charge in [-0.05, 0) is 5.56 Å². The molecule has 0 radical (unpaired) electrons. The van der Waals surface area contributed by atoms with Crippen molar-refractivity contribution in [2.75, 3.05) is 39.8 Å². The second-order valence-electron chi connectivity index (χ2n) is 7.34. The Bertz CT molecular complexity index is 676. The molecule has 6 nitrogen and oxygen atoms in total. The van der Waals surface area contributed by atoms with E-state index in [9.17, 15) is 14.4 Å². The van der Waals surface area contributed by atoms with Crippen LogP contribution in [0.3, 0.4) is 0 Å². The summed E-state index contributed by atoms with van der Waals surface area (Å²) < 4.78 is 0. The fourth-order valence-corrected chi connectivity index (χ4v) is 3.94. The fourth-order valence-electron chi connectivity index (χ4n) is 3.94. The molecule has 1 unspecified atom stereocenters. The molecule has 0 N–H and O–H groups in total. The number of rotatable bonds is 2. The molecule has 0 aromatic heterocycles. The van der Waals surface area contributed by atoms with Gasteiger partial charge in [0.1, 0.15) is 0 Å². The van der Waals surface area contributed by atoms with Crippen molar-refractivity contribution in [2.45, 2.75) is 19.8 Å². The standard InChI is InChI=1S/C19H25N3O3/c1-15(23)21-8-9-22(17(24)10-16-6-4-3-5-7-16)14-19(13-21)11-18(25)20(2)12-19/h3-7H,8-14H2,1-2H3. The highest BCUT2D eigenvalue weighted by molar-refractivity contribution is 5.81. The molecular weight excluding hydrogens is 318 g/mol. The number of carbonyl (C=O) groups is 3. The van der Waals surface area contributed by atoms with E-state index in [0.29, 0.717) is 45.6 Å². The van der Waals surface area contributed by atoms with Crippen LogP contribution in [0.2, 0.25) is 0 Å². The van der Waals surface area contributed by atoms with E-state index in [-0.39, 0.29) is 23.1 Å². The number of hydrogen-bond acceptors (Lipinski definition) is 3. The van der Waals surface area contributed by atoms with Crippen LogP contribution in [0, 0.1) is 5.41 Å². The SMILES string of the molecule is CC(=O)N1CCN(C(=O)Cc2ccccc2)CC2(CC(=O)N(C)C2)C1. The topological polar surface area (TPSA) is 60.9 Å². The van der Waals surface area contributed by atoms with Crippen LogP contribution in [-0.2, 0) is 20.8 Å². The molecule has 2 fully saturated rings. The van der Waals surface area contributed by atoms with E-state index in [4.69, 9.17) is 0 Å². The van der Waals surface area contributed by atoms with E-state index in [2.05, 4.69) is 0 Å². The normalized spacial score (nSPS) is 23.9. The smallest absolute Gasteiger partial charge is 0.227 e. The van der Waals surface area contributed by atoms with Crippen molar-refractivity contribution < 1.29 is 14.4 Å². The number of hydrogen-bond donors (Lipinski definition) is 0. The van der Waals surface area contributed by atoms with Gasteiger partial charge in [-0.3, -0.25) is 14.4 Å².